The van der Waals surface area contributed by atoms with Gasteiger partial charge < -0.3 is 29.7 Å². The third-order valence-electron chi connectivity index (χ3n) is 8.54. The molecule has 4 aliphatic rings. The Kier molecular flexibility index (Phi) is 8.09. The van der Waals surface area contributed by atoms with Crippen molar-refractivity contribution in [1.29, 1.82) is 0 Å². The molecular formula is C32H32ClN3O7. The number of carbonyl (C=O) groups excluding carboxylic acids is 4. The summed E-state index contributed by atoms with van der Waals surface area (Å²) in [5.74, 6) is -3.89. The number of esters is 1. The Morgan fingerprint density at radius 3 is 2.53 bits per heavy atom. The third kappa shape index (κ3) is 5.13. The van der Waals surface area contributed by atoms with Crippen LogP contribution in [0.4, 0.5) is 5.69 Å². The minimum atomic E-state index is -1.44. The summed E-state index contributed by atoms with van der Waals surface area (Å²) in [7, 11) is 0. The van der Waals surface area contributed by atoms with Gasteiger partial charge in [0.05, 0.1) is 35.9 Å². The standard InChI is InChI=1S/C32H32ClN3O7/c33-21-11-6-7-12-22(21)35-16-8-2-5-13-25(38)34-19-24(20-9-3-1-4-10-20)42-31(41)26-23-14-15-32(43-23)27(26)29(39)36(17-18-37)28(32)30(35)40/h1-4,6-12,14-15,23-24,26-28,37H,5,13,16-19H2,(H,34,38)/b8-2-/t23-,24-,26+,27+,28-,32+/m0/s1. The summed E-state index contributed by atoms with van der Waals surface area (Å²) in [6.07, 6.45) is 6.00. The molecule has 2 aromatic rings. The summed E-state index contributed by atoms with van der Waals surface area (Å²) >= 11 is 6.54. The van der Waals surface area contributed by atoms with Crippen molar-refractivity contribution in [2.24, 2.45) is 11.8 Å². The number of β-amino-alcohol motifs (C(OH)–C–C–N with tert-alkyl or cyclic N) is 1. The predicted octanol–water partition coefficient (Wildman–Crippen LogP) is 2.57. The van der Waals surface area contributed by atoms with E-state index in [4.69, 9.17) is 21.1 Å². The van der Waals surface area contributed by atoms with Gasteiger partial charge in [0.2, 0.25) is 11.8 Å². The second-order valence-corrected chi connectivity index (χ2v) is 11.4. The van der Waals surface area contributed by atoms with Gasteiger partial charge in [0.1, 0.15) is 23.7 Å². The summed E-state index contributed by atoms with van der Waals surface area (Å²) in [5.41, 5.74) is -0.319. The van der Waals surface area contributed by atoms with Gasteiger partial charge in [-0.1, -0.05) is 78.4 Å². The van der Waals surface area contributed by atoms with Gasteiger partial charge in [-0.15, -0.1) is 0 Å². The number of nitrogens with zero attached hydrogens (tertiary/aromatic N) is 2. The Balaban J connectivity index is 1.43. The van der Waals surface area contributed by atoms with E-state index < -0.39 is 53.5 Å². The molecular weight excluding hydrogens is 574 g/mol. The van der Waals surface area contributed by atoms with E-state index >= 15 is 0 Å². The fourth-order valence-electron chi connectivity index (χ4n) is 6.61. The average molecular weight is 606 g/mol. The molecule has 3 amide bonds. The van der Waals surface area contributed by atoms with Crippen LogP contribution in [0.5, 0.6) is 0 Å². The van der Waals surface area contributed by atoms with Crippen molar-refractivity contribution in [2.45, 2.75) is 36.7 Å². The van der Waals surface area contributed by atoms with Crippen LogP contribution in [0.25, 0.3) is 0 Å². The van der Waals surface area contributed by atoms with Crippen LogP contribution in [0.15, 0.2) is 78.9 Å². The van der Waals surface area contributed by atoms with E-state index in [2.05, 4.69) is 5.32 Å². The van der Waals surface area contributed by atoms with Crippen molar-refractivity contribution in [1.82, 2.24) is 10.2 Å². The maximum Gasteiger partial charge on any atom is 0.313 e. The number of benzene rings is 2. The predicted molar refractivity (Wildman–Crippen MR) is 157 cm³/mol. The first kappa shape index (κ1) is 29.1. The average Bonchev–Trinajstić information content (AvgIpc) is 3.65. The molecule has 0 saturated carbocycles. The first-order chi connectivity index (χ1) is 20.9. The van der Waals surface area contributed by atoms with Crippen molar-refractivity contribution < 1.29 is 33.8 Å². The number of allylic oxidation sites excluding steroid dienone is 1. The number of cyclic esters (lactones) is 1. The van der Waals surface area contributed by atoms with E-state index in [0.717, 1.165) is 0 Å². The second kappa shape index (κ2) is 11.9. The first-order valence-electron chi connectivity index (χ1n) is 14.4. The van der Waals surface area contributed by atoms with Crippen molar-refractivity contribution in [3.05, 3.63) is 89.5 Å². The molecule has 5 bridgehead atoms. The Morgan fingerprint density at radius 2 is 1.77 bits per heavy atom. The fourth-order valence-corrected chi connectivity index (χ4v) is 6.85. The lowest BCUT2D eigenvalue weighted by Crippen LogP contribution is -2.56. The zero-order valence-electron chi connectivity index (χ0n) is 23.3. The highest BCUT2D eigenvalue weighted by Crippen LogP contribution is 2.56. The van der Waals surface area contributed by atoms with Gasteiger partial charge in [0.25, 0.3) is 5.91 Å². The number of para-hydroxylation sites is 1. The number of carbonyl (C=O) groups is 4. The molecule has 2 aromatic carbocycles. The highest BCUT2D eigenvalue weighted by molar-refractivity contribution is 6.34. The summed E-state index contributed by atoms with van der Waals surface area (Å²) in [5, 5.41) is 13.1. The van der Waals surface area contributed by atoms with Crippen molar-refractivity contribution >= 4 is 41.0 Å². The molecule has 11 heteroatoms. The summed E-state index contributed by atoms with van der Waals surface area (Å²) in [6.45, 7) is -0.351. The minimum absolute atomic E-state index is 0.0498. The molecule has 6 atom stereocenters. The molecule has 0 aromatic heterocycles. The molecule has 0 radical (unpaired) electrons. The molecule has 224 valence electrons. The van der Waals surface area contributed by atoms with Gasteiger partial charge in [-0.3, -0.25) is 19.2 Å². The van der Waals surface area contributed by atoms with Crippen molar-refractivity contribution in [3.8, 4) is 0 Å². The molecule has 2 saturated heterocycles. The number of amides is 3. The molecule has 4 aliphatic heterocycles. The van der Waals surface area contributed by atoms with E-state index in [1.165, 1.54) is 9.80 Å². The number of aliphatic hydroxyl groups is 1. The first-order valence-corrected chi connectivity index (χ1v) is 14.7. The van der Waals surface area contributed by atoms with Crippen LogP contribution in [0, 0.1) is 11.8 Å². The highest BCUT2D eigenvalue weighted by atomic mass is 35.5. The number of ether oxygens (including phenoxy) is 2. The number of likely N-dealkylation sites (tertiary alicyclic amines) is 1. The Labute approximate surface area is 253 Å². The largest absolute Gasteiger partial charge is 0.455 e. The SMILES string of the molecule is O=C1CC/C=C\CN(c2ccccc2Cl)C(=O)[C@@H]2N(CCO)C(=O)[C@H]3[C@H](C(=O)O[C@H](c4ccccc4)CN1)[C@@H]1C=C[C@]23O1. The van der Waals surface area contributed by atoms with Gasteiger partial charge in [0, 0.05) is 19.5 Å². The lowest BCUT2D eigenvalue weighted by atomic mass is 9.74. The van der Waals surface area contributed by atoms with Crippen molar-refractivity contribution in [3.63, 3.8) is 0 Å². The van der Waals surface area contributed by atoms with Crippen LogP contribution in [0.2, 0.25) is 5.02 Å². The molecule has 4 heterocycles. The van der Waals surface area contributed by atoms with Crippen molar-refractivity contribution in [2.75, 3.05) is 31.1 Å². The normalized spacial score (nSPS) is 31.6. The molecule has 43 heavy (non-hydrogen) atoms. The van der Waals surface area contributed by atoms with Crippen LogP contribution in [0.3, 0.4) is 0 Å². The number of halogens is 1. The minimum Gasteiger partial charge on any atom is -0.455 e. The number of hydrogen-bond donors (Lipinski definition) is 2. The van der Waals surface area contributed by atoms with E-state index in [-0.39, 0.29) is 38.6 Å². The number of rotatable bonds is 4. The summed E-state index contributed by atoms with van der Waals surface area (Å²) < 4.78 is 12.4. The fraction of sp³-hybridized carbons (Fsp3) is 0.375. The molecule has 1 spiro atoms. The van der Waals surface area contributed by atoms with Gasteiger partial charge >= 0.3 is 5.97 Å². The van der Waals surface area contributed by atoms with Crippen LogP contribution >= 0.6 is 11.6 Å². The maximum atomic E-state index is 14.5. The topological polar surface area (TPSA) is 125 Å². The van der Waals surface area contributed by atoms with Crippen LogP contribution in [-0.2, 0) is 28.7 Å². The van der Waals surface area contributed by atoms with Gasteiger partial charge in [0.15, 0.2) is 0 Å². The van der Waals surface area contributed by atoms with Gasteiger partial charge in [-0.2, -0.15) is 0 Å². The van der Waals surface area contributed by atoms with Gasteiger partial charge in [-0.05, 0) is 24.1 Å². The summed E-state index contributed by atoms with van der Waals surface area (Å²) in [6, 6.07) is 14.8. The number of anilines is 1. The molecule has 0 unspecified atom stereocenters. The summed E-state index contributed by atoms with van der Waals surface area (Å²) in [4.78, 5) is 57.9. The molecule has 0 aliphatic carbocycles. The Morgan fingerprint density at radius 1 is 1.00 bits per heavy atom. The second-order valence-electron chi connectivity index (χ2n) is 11.0. The maximum absolute atomic E-state index is 14.5. The Bertz CT molecular complexity index is 1480. The van der Waals surface area contributed by atoms with E-state index in [9.17, 15) is 24.3 Å². The third-order valence-corrected chi connectivity index (χ3v) is 8.86. The molecule has 6 rings (SSSR count). The van der Waals surface area contributed by atoms with Gasteiger partial charge in [-0.25, -0.2) is 0 Å². The van der Waals surface area contributed by atoms with E-state index in [1.54, 1.807) is 54.6 Å². The Hall–Kier alpha value is -3.99. The van der Waals surface area contributed by atoms with E-state index in [1.807, 2.05) is 24.3 Å². The van der Waals surface area contributed by atoms with E-state index in [0.29, 0.717) is 22.7 Å². The quantitative estimate of drug-likeness (QED) is 0.405. The lowest BCUT2D eigenvalue weighted by molar-refractivity contribution is -0.159. The number of aliphatic hydroxyl groups excluding tert-OH is 1. The smallest absolute Gasteiger partial charge is 0.313 e. The molecule has 2 fully saturated rings. The number of hydrogen-bond acceptors (Lipinski definition) is 7. The van der Waals surface area contributed by atoms with Crippen LogP contribution in [0.1, 0.15) is 24.5 Å². The number of nitrogens with one attached hydrogen (secondary N) is 1. The molecule has 2 N–H and O–H groups in total. The molecule has 10 nitrogen and oxygen atoms in total. The monoisotopic (exact) mass is 605 g/mol. The zero-order chi connectivity index (χ0) is 30.1. The number of fused-ring (bicyclic) bond motifs is 2. The van der Waals surface area contributed by atoms with Crippen LogP contribution in [-0.4, -0.2) is 77.7 Å². The highest BCUT2D eigenvalue weighted by Gasteiger charge is 2.73. The van der Waals surface area contributed by atoms with Crippen LogP contribution < -0.4 is 10.2 Å². The zero-order valence-corrected chi connectivity index (χ0v) is 24.1. The lowest BCUT2D eigenvalue weighted by Gasteiger charge is -2.36.